The van der Waals surface area contributed by atoms with Gasteiger partial charge < -0.3 is 14.6 Å². The lowest BCUT2D eigenvalue weighted by molar-refractivity contribution is 0.102. The molecule has 6 heteroatoms. The number of nitrogens with zero attached hydrogens (tertiary/aromatic N) is 3. The molecule has 0 spiro atoms. The van der Waals surface area contributed by atoms with Crippen LogP contribution in [0.1, 0.15) is 37.4 Å². The summed E-state index contributed by atoms with van der Waals surface area (Å²) in [6.45, 7) is 6.40. The Morgan fingerprint density at radius 1 is 1.09 bits per heavy atom. The highest BCUT2D eigenvalue weighted by Gasteiger charge is 2.28. The number of aliphatic hydroxyl groups is 1. The second kappa shape index (κ2) is 10.2. The van der Waals surface area contributed by atoms with Crippen LogP contribution in [0, 0.1) is 12.8 Å². The molecule has 0 radical (unpaired) electrons. The Kier molecular flexibility index (Phi) is 7.12. The summed E-state index contributed by atoms with van der Waals surface area (Å²) < 4.78 is 13.6. The summed E-state index contributed by atoms with van der Waals surface area (Å²) in [5.41, 5.74) is 2.94. The zero-order valence-electron chi connectivity index (χ0n) is 19.2. The monoisotopic (exact) mass is 435 g/mol. The first-order valence-corrected chi connectivity index (χ1v) is 11.4. The molecule has 1 atom stereocenters. The Bertz CT molecular complexity index is 997. The van der Waals surface area contributed by atoms with Crippen molar-refractivity contribution in [2.24, 2.45) is 5.92 Å². The minimum atomic E-state index is -0.329. The first-order chi connectivity index (χ1) is 15.6. The molecule has 0 amide bonds. The number of aliphatic hydroxyl groups excluding tert-OH is 1. The van der Waals surface area contributed by atoms with Crippen molar-refractivity contribution in [2.45, 2.75) is 45.8 Å². The van der Waals surface area contributed by atoms with E-state index in [2.05, 4.69) is 4.90 Å². The molecule has 6 nitrogen and oxygen atoms in total. The summed E-state index contributed by atoms with van der Waals surface area (Å²) in [5.74, 6) is 2.96. The number of benzene rings is 2. The van der Waals surface area contributed by atoms with Gasteiger partial charge in [-0.15, -0.1) is 0 Å². The number of ether oxygens (including phenoxy) is 2. The van der Waals surface area contributed by atoms with Gasteiger partial charge in [0.05, 0.1) is 30.2 Å². The minimum absolute atomic E-state index is 0.329. The topological polar surface area (TPSA) is 59.8 Å². The molecule has 1 fully saturated rings. The van der Waals surface area contributed by atoms with Crippen molar-refractivity contribution in [1.82, 2.24) is 14.7 Å². The van der Waals surface area contributed by atoms with E-state index in [1.807, 2.05) is 73.1 Å². The normalized spacial score (nSPS) is 14.5. The van der Waals surface area contributed by atoms with Crippen molar-refractivity contribution in [1.29, 1.82) is 0 Å². The van der Waals surface area contributed by atoms with Gasteiger partial charge in [-0.3, -0.25) is 4.90 Å². The fourth-order valence-corrected chi connectivity index (χ4v) is 3.84. The summed E-state index contributed by atoms with van der Waals surface area (Å²) in [4.78, 5) is 2.35. The lowest BCUT2D eigenvalue weighted by Gasteiger charge is -2.25. The van der Waals surface area contributed by atoms with Crippen molar-refractivity contribution in [3.8, 4) is 23.1 Å². The average Bonchev–Trinajstić information content (AvgIpc) is 3.59. The number of hydrogen-bond donors (Lipinski definition) is 1. The van der Waals surface area contributed by atoms with Crippen molar-refractivity contribution in [3.63, 3.8) is 0 Å². The summed E-state index contributed by atoms with van der Waals surface area (Å²) in [5, 5.41) is 15.2. The van der Waals surface area contributed by atoms with Gasteiger partial charge in [0, 0.05) is 19.6 Å². The van der Waals surface area contributed by atoms with Gasteiger partial charge in [0.2, 0.25) is 5.88 Å². The van der Waals surface area contributed by atoms with Gasteiger partial charge in [-0.2, -0.15) is 5.10 Å². The van der Waals surface area contributed by atoms with Gasteiger partial charge in [-0.05, 0) is 68.5 Å². The van der Waals surface area contributed by atoms with Crippen LogP contribution in [0.5, 0.6) is 17.4 Å². The SMILES string of the molecule is CCC(O)CN(Cc1c(C)nn(-c2ccccc2)c1Oc1ccc(OC)cc1)CC1CC1. The fraction of sp³-hybridized carbons (Fsp3) is 0.423. The van der Waals surface area contributed by atoms with E-state index in [1.54, 1.807) is 7.11 Å². The molecule has 1 aliphatic carbocycles. The maximum absolute atomic E-state index is 10.3. The Morgan fingerprint density at radius 2 is 1.78 bits per heavy atom. The van der Waals surface area contributed by atoms with E-state index >= 15 is 0 Å². The number of rotatable bonds is 11. The third-order valence-corrected chi connectivity index (χ3v) is 5.95. The molecule has 1 N–H and O–H groups in total. The van der Waals surface area contributed by atoms with Gasteiger partial charge in [0.1, 0.15) is 11.5 Å². The number of hydrogen-bond acceptors (Lipinski definition) is 5. The molecule has 3 aromatic rings. The molecule has 32 heavy (non-hydrogen) atoms. The molecular weight excluding hydrogens is 402 g/mol. The van der Waals surface area contributed by atoms with Crippen LogP contribution < -0.4 is 9.47 Å². The third-order valence-electron chi connectivity index (χ3n) is 5.95. The maximum atomic E-state index is 10.3. The van der Waals surface area contributed by atoms with Gasteiger partial charge in [0.15, 0.2) is 0 Å². The van der Waals surface area contributed by atoms with Crippen LogP contribution in [-0.4, -0.2) is 46.1 Å². The second-order valence-corrected chi connectivity index (χ2v) is 8.59. The molecule has 1 aliphatic rings. The van der Waals surface area contributed by atoms with Crippen molar-refractivity contribution >= 4 is 0 Å². The Labute approximate surface area is 190 Å². The summed E-state index contributed by atoms with van der Waals surface area (Å²) >= 11 is 0. The smallest absolute Gasteiger partial charge is 0.227 e. The van der Waals surface area contributed by atoms with Crippen molar-refractivity contribution in [3.05, 3.63) is 65.9 Å². The molecule has 4 rings (SSSR count). The van der Waals surface area contributed by atoms with Crippen molar-refractivity contribution in [2.75, 3.05) is 20.2 Å². The highest BCUT2D eigenvalue weighted by atomic mass is 16.5. The predicted molar refractivity (Wildman–Crippen MR) is 126 cm³/mol. The summed E-state index contributed by atoms with van der Waals surface area (Å²) in [6.07, 6.45) is 2.97. The molecule has 0 aliphatic heterocycles. The summed E-state index contributed by atoms with van der Waals surface area (Å²) in [6, 6.07) is 17.6. The predicted octanol–water partition coefficient (Wildman–Crippen LogP) is 4.96. The molecule has 170 valence electrons. The molecule has 0 saturated heterocycles. The first kappa shape index (κ1) is 22.4. The van der Waals surface area contributed by atoms with Crippen LogP contribution in [-0.2, 0) is 6.54 Å². The largest absolute Gasteiger partial charge is 0.497 e. The van der Waals surface area contributed by atoms with Gasteiger partial charge in [0.25, 0.3) is 0 Å². The van der Waals surface area contributed by atoms with Crippen LogP contribution in [0.25, 0.3) is 5.69 Å². The molecule has 2 aromatic carbocycles. The van der Waals surface area contributed by atoms with E-state index in [-0.39, 0.29) is 6.10 Å². The van der Waals surface area contributed by atoms with Crippen molar-refractivity contribution < 1.29 is 14.6 Å². The Hall–Kier alpha value is -2.83. The molecule has 0 bridgehead atoms. The molecule has 1 saturated carbocycles. The first-order valence-electron chi connectivity index (χ1n) is 11.4. The molecule has 1 heterocycles. The highest BCUT2D eigenvalue weighted by Crippen LogP contribution is 2.34. The molecule has 1 aromatic heterocycles. The van der Waals surface area contributed by atoms with Crippen LogP contribution in [0.15, 0.2) is 54.6 Å². The molecular formula is C26H33N3O3. The number of aryl methyl sites for hydroxylation is 1. The van der Waals surface area contributed by atoms with Gasteiger partial charge in [-0.25, -0.2) is 4.68 Å². The van der Waals surface area contributed by atoms with E-state index in [0.29, 0.717) is 19.0 Å². The zero-order valence-corrected chi connectivity index (χ0v) is 19.2. The van der Waals surface area contributed by atoms with E-state index in [1.165, 1.54) is 12.8 Å². The lowest BCUT2D eigenvalue weighted by Crippen LogP contribution is -2.33. The average molecular weight is 436 g/mol. The van der Waals surface area contributed by atoms with Crippen LogP contribution in [0.2, 0.25) is 0 Å². The van der Waals surface area contributed by atoms with E-state index in [4.69, 9.17) is 14.6 Å². The van der Waals surface area contributed by atoms with Gasteiger partial charge in [-0.1, -0.05) is 25.1 Å². The van der Waals surface area contributed by atoms with Crippen LogP contribution in [0.4, 0.5) is 0 Å². The van der Waals surface area contributed by atoms with E-state index in [9.17, 15) is 5.11 Å². The zero-order chi connectivity index (χ0) is 22.5. The number of methoxy groups -OCH3 is 1. The van der Waals surface area contributed by atoms with E-state index < -0.39 is 0 Å². The fourth-order valence-electron chi connectivity index (χ4n) is 3.84. The number of aromatic nitrogens is 2. The quantitative estimate of drug-likeness (QED) is 0.461. The van der Waals surface area contributed by atoms with E-state index in [0.717, 1.165) is 47.3 Å². The highest BCUT2D eigenvalue weighted by molar-refractivity contribution is 5.44. The minimum Gasteiger partial charge on any atom is -0.497 e. The summed E-state index contributed by atoms with van der Waals surface area (Å²) in [7, 11) is 1.65. The second-order valence-electron chi connectivity index (χ2n) is 8.59. The lowest BCUT2D eigenvalue weighted by atomic mass is 10.2. The van der Waals surface area contributed by atoms with Crippen LogP contribution >= 0.6 is 0 Å². The third kappa shape index (κ3) is 5.50. The van der Waals surface area contributed by atoms with Gasteiger partial charge >= 0.3 is 0 Å². The maximum Gasteiger partial charge on any atom is 0.227 e. The Morgan fingerprint density at radius 3 is 2.41 bits per heavy atom. The molecule has 1 unspecified atom stereocenters. The van der Waals surface area contributed by atoms with Crippen LogP contribution in [0.3, 0.4) is 0 Å². The standard InChI is InChI=1S/C26H33N3O3/c1-4-22(30)17-28(16-20-10-11-20)18-25-19(2)27-29(21-8-6-5-7-9-21)26(25)32-24-14-12-23(31-3)13-15-24/h5-9,12-15,20,22,30H,4,10-11,16-18H2,1-3H3. The Balaban J connectivity index is 1.68. The number of para-hydroxylation sites is 1.